The summed E-state index contributed by atoms with van der Waals surface area (Å²) in [5.74, 6) is 1.10. The molecule has 0 aromatic carbocycles. The molecule has 2 unspecified atom stereocenters. The molecule has 0 aromatic heterocycles. The summed E-state index contributed by atoms with van der Waals surface area (Å²) in [5, 5.41) is 2.78. The fraction of sp³-hybridized carbons (Fsp3) is 0.667. The first-order valence-corrected chi connectivity index (χ1v) is 10.2. The third-order valence-electron chi connectivity index (χ3n) is 5.51. The number of ether oxygens (including phenoxy) is 2. The van der Waals surface area contributed by atoms with Gasteiger partial charge in [0.1, 0.15) is 18.5 Å². The Balaban J connectivity index is 1.38. The lowest BCUT2D eigenvalue weighted by molar-refractivity contribution is -0.120. The summed E-state index contributed by atoms with van der Waals surface area (Å²) < 4.78 is 11.5. The molecule has 2 fully saturated rings. The van der Waals surface area contributed by atoms with Crippen LogP contribution in [0.25, 0.3) is 0 Å². The molecule has 0 bridgehead atoms. The van der Waals surface area contributed by atoms with Crippen molar-refractivity contribution in [2.45, 2.75) is 45.3 Å². The Hall–Kier alpha value is -1.63. The van der Waals surface area contributed by atoms with Gasteiger partial charge in [0.25, 0.3) is 0 Å². The van der Waals surface area contributed by atoms with Gasteiger partial charge in [-0.05, 0) is 44.5 Å². The van der Waals surface area contributed by atoms with Gasteiger partial charge < -0.3 is 19.7 Å². The molecule has 0 aromatic rings. The second-order valence-corrected chi connectivity index (χ2v) is 7.52. The maximum atomic E-state index is 11.8. The van der Waals surface area contributed by atoms with Gasteiger partial charge in [-0.15, -0.1) is 0 Å². The number of carbonyl (C=O) groups is 1. The number of fused-ring (bicyclic) bond motifs is 1. The normalized spacial score (nSPS) is 26.9. The first-order valence-electron chi connectivity index (χ1n) is 10.2. The molecule has 6 heteroatoms. The van der Waals surface area contributed by atoms with E-state index in [1.165, 1.54) is 5.57 Å². The molecular formula is C21H33N3O3. The molecule has 150 valence electrons. The SMILES string of the molecule is C/C=C/NC(=O)CCN1CCN(CCC2=CCC3OCCOC3=C2)CC1C. The summed E-state index contributed by atoms with van der Waals surface area (Å²) >= 11 is 0. The minimum atomic E-state index is 0.0900. The van der Waals surface area contributed by atoms with Crippen molar-refractivity contribution in [1.82, 2.24) is 15.1 Å². The van der Waals surface area contributed by atoms with E-state index >= 15 is 0 Å². The highest BCUT2D eigenvalue weighted by molar-refractivity contribution is 5.77. The maximum Gasteiger partial charge on any atom is 0.225 e. The van der Waals surface area contributed by atoms with Crippen LogP contribution in [0.3, 0.4) is 0 Å². The molecule has 27 heavy (non-hydrogen) atoms. The first kappa shape index (κ1) is 20.1. The predicted octanol–water partition coefficient (Wildman–Crippen LogP) is 2.05. The molecule has 3 aliphatic rings. The average Bonchev–Trinajstić information content (AvgIpc) is 2.69. The van der Waals surface area contributed by atoms with Crippen LogP contribution in [0.15, 0.2) is 35.8 Å². The van der Waals surface area contributed by atoms with Crippen molar-refractivity contribution in [3.05, 3.63) is 35.8 Å². The van der Waals surface area contributed by atoms with Crippen molar-refractivity contribution in [2.24, 2.45) is 0 Å². The summed E-state index contributed by atoms with van der Waals surface area (Å²) in [7, 11) is 0. The van der Waals surface area contributed by atoms with Crippen LogP contribution in [-0.2, 0) is 14.3 Å². The molecule has 2 saturated heterocycles. The van der Waals surface area contributed by atoms with Gasteiger partial charge in [0.05, 0.1) is 6.61 Å². The largest absolute Gasteiger partial charge is 0.493 e. The highest BCUT2D eigenvalue weighted by Crippen LogP contribution is 2.26. The molecule has 1 N–H and O–H groups in total. The number of amides is 1. The van der Waals surface area contributed by atoms with E-state index in [2.05, 4.69) is 34.2 Å². The molecule has 0 radical (unpaired) electrons. The van der Waals surface area contributed by atoms with Crippen molar-refractivity contribution < 1.29 is 14.3 Å². The fourth-order valence-corrected chi connectivity index (χ4v) is 3.90. The average molecular weight is 376 g/mol. The smallest absolute Gasteiger partial charge is 0.225 e. The van der Waals surface area contributed by atoms with E-state index in [9.17, 15) is 4.79 Å². The van der Waals surface area contributed by atoms with Gasteiger partial charge in [0.2, 0.25) is 5.91 Å². The van der Waals surface area contributed by atoms with E-state index in [4.69, 9.17) is 9.47 Å². The predicted molar refractivity (Wildman–Crippen MR) is 106 cm³/mol. The van der Waals surface area contributed by atoms with Gasteiger partial charge in [-0.2, -0.15) is 0 Å². The number of allylic oxidation sites excluding steroid dienone is 2. The molecule has 2 heterocycles. The Morgan fingerprint density at radius 3 is 3.04 bits per heavy atom. The molecule has 0 spiro atoms. The fourth-order valence-electron chi connectivity index (χ4n) is 3.90. The second-order valence-electron chi connectivity index (χ2n) is 7.52. The Bertz CT molecular complexity index is 599. The van der Waals surface area contributed by atoms with Gasteiger partial charge in [0.15, 0.2) is 0 Å². The summed E-state index contributed by atoms with van der Waals surface area (Å²) in [6.07, 6.45) is 10.7. The standard InChI is InChI=1S/C21H33N3O3/c1-3-8-22-21(25)7-10-24-12-11-23(16-17(24)2)9-6-18-4-5-19-20(15-18)27-14-13-26-19/h3-4,8,15,17,19H,5-7,9-14,16H2,1-2H3,(H,22,25)/b8-3+. The highest BCUT2D eigenvalue weighted by Gasteiger charge is 2.26. The lowest BCUT2D eigenvalue weighted by Gasteiger charge is -2.40. The molecule has 1 aliphatic carbocycles. The van der Waals surface area contributed by atoms with E-state index in [1.807, 2.05) is 13.0 Å². The number of nitrogens with zero attached hydrogens (tertiary/aromatic N) is 2. The Morgan fingerprint density at radius 2 is 2.22 bits per heavy atom. The van der Waals surface area contributed by atoms with E-state index in [-0.39, 0.29) is 12.0 Å². The van der Waals surface area contributed by atoms with Gasteiger partial charge in [-0.25, -0.2) is 0 Å². The van der Waals surface area contributed by atoms with Crippen LogP contribution in [0.5, 0.6) is 0 Å². The lowest BCUT2D eigenvalue weighted by atomic mass is 9.99. The van der Waals surface area contributed by atoms with Crippen molar-refractivity contribution in [3.63, 3.8) is 0 Å². The van der Waals surface area contributed by atoms with Gasteiger partial charge >= 0.3 is 0 Å². The third-order valence-corrected chi connectivity index (χ3v) is 5.51. The number of hydrogen-bond acceptors (Lipinski definition) is 5. The van der Waals surface area contributed by atoms with Crippen LogP contribution in [-0.4, -0.2) is 73.8 Å². The zero-order valence-electron chi connectivity index (χ0n) is 16.7. The van der Waals surface area contributed by atoms with Crippen LogP contribution in [0.1, 0.15) is 33.1 Å². The monoisotopic (exact) mass is 375 g/mol. The molecular weight excluding hydrogens is 342 g/mol. The van der Waals surface area contributed by atoms with Crippen LogP contribution >= 0.6 is 0 Å². The molecule has 2 atom stereocenters. The van der Waals surface area contributed by atoms with Gasteiger partial charge in [0, 0.05) is 45.2 Å². The first-order chi connectivity index (χ1) is 13.2. The quantitative estimate of drug-likeness (QED) is 0.738. The zero-order valence-corrected chi connectivity index (χ0v) is 16.7. The molecule has 1 amide bonds. The van der Waals surface area contributed by atoms with E-state index in [0.717, 1.165) is 51.3 Å². The minimum absolute atomic E-state index is 0.0900. The number of piperazine rings is 1. The van der Waals surface area contributed by atoms with Crippen molar-refractivity contribution in [2.75, 3.05) is 45.9 Å². The topological polar surface area (TPSA) is 54.0 Å². The van der Waals surface area contributed by atoms with E-state index in [1.54, 1.807) is 6.20 Å². The van der Waals surface area contributed by atoms with E-state index < -0.39 is 0 Å². The molecule has 3 rings (SSSR count). The molecule has 6 nitrogen and oxygen atoms in total. The molecule has 0 saturated carbocycles. The summed E-state index contributed by atoms with van der Waals surface area (Å²) in [6.45, 7) is 10.6. The molecule has 2 aliphatic heterocycles. The van der Waals surface area contributed by atoms with Crippen LogP contribution < -0.4 is 5.32 Å². The van der Waals surface area contributed by atoms with Crippen molar-refractivity contribution >= 4 is 5.91 Å². The Morgan fingerprint density at radius 1 is 1.33 bits per heavy atom. The van der Waals surface area contributed by atoms with Crippen molar-refractivity contribution in [1.29, 1.82) is 0 Å². The zero-order chi connectivity index (χ0) is 19.1. The lowest BCUT2D eigenvalue weighted by Crippen LogP contribution is -2.52. The number of carbonyl (C=O) groups excluding carboxylic acids is 1. The Labute approximate surface area is 162 Å². The summed E-state index contributed by atoms with van der Waals surface area (Å²) in [6, 6.07) is 0.478. The van der Waals surface area contributed by atoms with Crippen LogP contribution in [0.4, 0.5) is 0 Å². The maximum absolute atomic E-state index is 11.8. The second kappa shape index (κ2) is 10.1. The van der Waals surface area contributed by atoms with Crippen molar-refractivity contribution in [3.8, 4) is 0 Å². The third kappa shape index (κ3) is 5.92. The van der Waals surface area contributed by atoms with Crippen LogP contribution in [0.2, 0.25) is 0 Å². The highest BCUT2D eigenvalue weighted by atomic mass is 16.6. The Kier molecular flexibility index (Phi) is 7.50. The van der Waals surface area contributed by atoms with Crippen LogP contribution in [0, 0.1) is 0 Å². The number of hydrogen-bond donors (Lipinski definition) is 1. The summed E-state index contributed by atoms with van der Waals surface area (Å²) in [4.78, 5) is 16.7. The van der Waals surface area contributed by atoms with E-state index in [0.29, 0.717) is 25.7 Å². The summed E-state index contributed by atoms with van der Waals surface area (Å²) in [5.41, 5.74) is 1.36. The minimum Gasteiger partial charge on any atom is -0.493 e. The van der Waals surface area contributed by atoms with Gasteiger partial charge in [-0.3, -0.25) is 9.69 Å². The number of rotatable bonds is 7. The van der Waals surface area contributed by atoms with Gasteiger partial charge in [-0.1, -0.05) is 12.2 Å². The number of nitrogens with one attached hydrogen (secondary N) is 1.